The van der Waals surface area contributed by atoms with Crippen molar-refractivity contribution >= 4 is 55.8 Å². The molecule has 0 atom stereocenters. The zero-order valence-corrected chi connectivity index (χ0v) is 25.2. The summed E-state index contributed by atoms with van der Waals surface area (Å²) in [5, 5.41) is 0. The van der Waals surface area contributed by atoms with Crippen LogP contribution in [0.4, 0.5) is 11.4 Å². The maximum absolute atomic E-state index is 11.1. The van der Waals surface area contributed by atoms with Gasteiger partial charge in [-0.1, -0.05) is 44.0 Å². The van der Waals surface area contributed by atoms with Crippen LogP contribution in [0, 0.1) is 0 Å². The molecule has 0 unspecified atom stereocenters. The first-order chi connectivity index (χ1) is 18.8. The van der Waals surface area contributed by atoms with Crippen molar-refractivity contribution in [3.8, 4) is 11.1 Å². The van der Waals surface area contributed by atoms with Gasteiger partial charge in [0, 0.05) is 64.0 Å². The first-order valence-electron chi connectivity index (χ1n) is 13.0. The summed E-state index contributed by atoms with van der Waals surface area (Å²) in [6.07, 6.45) is 3.60. The summed E-state index contributed by atoms with van der Waals surface area (Å²) in [4.78, 5) is 26.8. The van der Waals surface area contributed by atoms with Crippen LogP contribution in [0.1, 0.15) is 44.7 Å². The van der Waals surface area contributed by atoms with E-state index in [4.69, 9.17) is 0 Å². The molecule has 0 saturated heterocycles. The summed E-state index contributed by atoms with van der Waals surface area (Å²) < 4.78 is 2.15. The number of fused-ring (bicyclic) bond motifs is 3. The lowest BCUT2D eigenvalue weighted by Gasteiger charge is -2.36. The quantitative estimate of drug-likeness (QED) is 0.163. The third-order valence-corrected chi connectivity index (χ3v) is 8.96. The Labute approximate surface area is 246 Å². The molecule has 0 heterocycles. The Morgan fingerprint density at radius 2 is 1.00 bits per heavy atom. The number of carbonyl (C=O) groups is 2. The highest BCUT2D eigenvalue weighted by Gasteiger charge is 2.43. The number of anilines is 2. The summed E-state index contributed by atoms with van der Waals surface area (Å²) in [5.41, 5.74) is 8.61. The van der Waals surface area contributed by atoms with Crippen LogP contribution in [0.25, 0.3) is 11.1 Å². The van der Waals surface area contributed by atoms with E-state index in [9.17, 15) is 9.59 Å². The highest BCUT2D eigenvalue weighted by atomic mass is 79.9. The van der Waals surface area contributed by atoms with E-state index in [1.54, 1.807) is 0 Å². The van der Waals surface area contributed by atoms with Crippen molar-refractivity contribution < 1.29 is 9.59 Å². The van der Waals surface area contributed by atoms with E-state index in [1.165, 1.54) is 22.3 Å². The molecule has 0 saturated carbocycles. The third-order valence-electron chi connectivity index (χ3n) is 7.97. The van der Waals surface area contributed by atoms with Crippen LogP contribution in [0.5, 0.6) is 0 Å². The molecule has 39 heavy (non-hydrogen) atoms. The molecule has 1 aliphatic rings. The lowest BCUT2D eigenvalue weighted by molar-refractivity contribution is 0.111. The van der Waals surface area contributed by atoms with Crippen LogP contribution in [0.3, 0.4) is 0 Å². The van der Waals surface area contributed by atoms with E-state index in [1.807, 2.05) is 48.5 Å². The van der Waals surface area contributed by atoms with Gasteiger partial charge in [-0.15, -0.1) is 0 Å². The SMILES string of the molecule is CN(CCC1(CCN(C)c2ccc(C=O)cc2)c2cc(Br)ccc2-c2ccc(Br)cc21)c1ccc(C=O)cc1. The van der Waals surface area contributed by atoms with Gasteiger partial charge in [0.1, 0.15) is 12.6 Å². The van der Waals surface area contributed by atoms with E-state index in [0.717, 1.165) is 58.8 Å². The molecule has 0 spiro atoms. The molecule has 0 aliphatic heterocycles. The molecule has 0 N–H and O–H groups in total. The molecule has 5 rings (SSSR count). The van der Waals surface area contributed by atoms with Gasteiger partial charge in [0.2, 0.25) is 0 Å². The van der Waals surface area contributed by atoms with Gasteiger partial charge in [0.15, 0.2) is 0 Å². The third kappa shape index (κ3) is 5.45. The normalized spacial score (nSPS) is 12.9. The van der Waals surface area contributed by atoms with Crippen LogP contribution in [0.2, 0.25) is 0 Å². The molecular weight excluding hydrogens is 616 g/mol. The maximum atomic E-state index is 11.1. The largest absolute Gasteiger partial charge is 0.375 e. The molecule has 6 heteroatoms. The number of aldehydes is 2. The van der Waals surface area contributed by atoms with Crippen LogP contribution in [-0.2, 0) is 5.41 Å². The van der Waals surface area contributed by atoms with Gasteiger partial charge in [0.25, 0.3) is 0 Å². The Morgan fingerprint density at radius 1 is 0.615 bits per heavy atom. The number of nitrogens with zero attached hydrogens (tertiary/aromatic N) is 2. The molecule has 0 fully saturated rings. The van der Waals surface area contributed by atoms with Gasteiger partial charge in [-0.25, -0.2) is 0 Å². The molecule has 4 nitrogen and oxygen atoms in total. The second-order valence-corrected chi connectivity index (χ2v) is 12.1. The minimum absolute atomic E-state index is 0.202. The van der Waals surface area contributed by atoms with Crippen molar-refractivity contribution in [3.05, 3.63) is 116 Å². The van der Waals surface area contributed by atoms with E-state index >= 15 is 0 Å². The summed E-state index contributed by atoms with van der Waals surface area (Å²) in [7, 11) is 4.23. The maximum Gasteiger partial charge on any atom is 0.150 e. The molecule has 0 bridgehead atoms. The predicted octanol–water partition coefficient (Wildman–Crippen LogP) is 8.16. The lowest BCUT2D eigenvalue weighted by atomic mass is 9.72. The van der Waals surface area contributed by atoms with Crippen LogP contribution >= 0.6 is 31.9 Å². The van der Waals surface area contributed by atoms with E-state index in [0.29, 0.717) is 11.1 Å². The molecule has 0 amide bonds. The van der Waals surface area contributed by atoms with Crippen molar-refractivity contribution in [3.63, 3.8) is 0 Å². The Morgan fingerprint density at radius 3 is 1.36 bits per heavy atom. The summed E-state index contributed by atoms with van der Waals surface area (Å²) in [6.45, 7) is 1.69. The number of hydrogen-bond acceptors (Lipinski definition) is 4. The minimum atomic E-state index is -0.202. The highest BCUT2D eigenvalue weighted by Crippen LogP contribution is 2.54. The zero-order valence-electron chi connectivity index (χ0n) is 22.0. The van der Waals surface area contributed by atoms with Gasteiger partial charge in [-0.05, 0) is 108 Å². The van der Waals surface area contributed by atoms with Crippen molar-refractivity contribution in [2.75, 3.05) is 37.0 Å². The van der Waals surface area contributed by atoms with Gasteiger partial charge in [-0.2, -0.15) is 0 Å². The van der Waals surface area contributed by atoms with Crippen molar-refractivity contribution in [2.24, 2.45) is 0 Å². The average molecular weight is 646 g/mol. The molecule has 0 radical (unpaired) electrons. The van der Waals surface area contributed by atoms with Gasteiger partial charge in [-0.3, -0.25) is 9.59 Å². The first kappa shape index (κ1) is 27.4. The molecule has 4 aromatic rings. The van der Waals surface area contributed by atoms with E-state index in [-0.39, 0.29) is 5.41 Å². The molecule has 4 aromatic carbocycles. The topological polar surface area (TPSA) is 40.6 Å². The highest BCUT2D eigenvalue weighted by molar-refractivity contribution is 9.10. The van der Waals surface area contributed by atoms with Crippen LogP contribution in [-0.4, -0.2) is 39.8 Å². The van der Waals surface area contributed by atoms with Crippen molar-refractivity contribution in [2.45, 2.75) is 18.3 Å². The fraction of sp³-hybridized carbons (Fsp3) is 0.212. The zero-order chi connectivity index (χ0) is 27.6. The monoisotopic (exact) mass is 644 g/mol. The average Bonchev–Trinajstić information content (AvgIpc) is 3.22. The minimum Gasteiger partial charge on any atom is -0.375 e. The first-order valence-corrected chi connectivity index (χ1v) is 14.6. The van der Waals surface area contributed by atoms with Crippen LogP contribution < -0.4 is 9.80 Å². The lowest BCUT2D eigenvalue weighted by Crippen LogP contribution is -2.35. The van der Waals surface area contributed by atoms with E-state index in [2.05, 4.69) is 92.2 Å². The predicted molar refractivity (Wildman–Crippen MR) is 167 cm³/mol. The van der Waals surface area contributed by atoms with Crippen molar-refractivity contribution in [1.29, 1.82) is 0 Å². The van der Waals surface area contributed by atoms with Crippen molar-refractivity contribution in [1.82, 2.24) is 0 Å². The number of rotatable bonds is 10. The molecule has 198 valence electrons. The Bertz CT molecular complexity index is 1380. The summed E-state index contributed by atoms with van der Waals surface area (Å²) in [6, 6.07) is 28.8. The van der Waals surface area contributed by atoms with Crippen LogP contribution in [0.15, 0.2) is 93.9 Å². The van der Waals surface area contributed by atoms with Gasteiger partial charge < -0.3 is 9.80 Å². The molecule has 0 aromatic heterocycles. The van der Waals surface area contributed by atoms with Gasteiger partial charge in [0.05, 0.1) is 0 Å². The number of carbonyl (C=O) groups excluding carboxylic acids is 2. The second-order valence-electron chi connectivity index (χ2n) is 10.2. The van der Waals surface area contributed by atoms with Gasteiger partial charge >= 0.3 is 0 Å². The molecule has 1 aliphatic carbocycles. The Kier molecular flexibility index (Phi) is 8.06. The molecular formula is C33H30Br2N2O2. The fourth-order valence-electron chi connectivity index (χ4n) is 5.69. The Balaban J connectivity index is 1.51. The number of hydrogen-bond donors (Lipinski definition) is 0. The summed E-state index contributed by atoms with van der Waals surface area (Å²) >= 11 is 7.50. The smallest absolute Gasteiger partial charge is 0.150 e. The second kappa shape index (κ2) is 11.5. The Hall–Kier alpha value is -3.22. The fourth-order valence-corrected chi connectivity index (χ4v) is 6.42. The standard InChI is InChI=1S/C33H30Br2N2O2/c1-36(27-9-3-23(21-38)4-10-27)17-15-33(16-18-37(2)28-11-5-24(22-39)6-12-28)31-19-25(34)7-13-29(31)30-14-8-26(35)20-32(30)33/h3-14,19-22H,15-18H2,1-2H3. The number of benzene rings is 4. The van der Waals surface area contributed by atoms with E-state index < -0.39 is 0 Å². The summed E-state index contributed by atoms with van der Waals surface area (Å²) in [5.74, 6) is 0. The number of halogens is 2.